The lowest BCUT2D eigenvalue weighted by Crippen LogP contribution is -2.44. The Morgan fingerprint density at radius 3 is 2.42 bits per heavy atom. The molecule has 1 fully saturated rings. The lowest BCUT2D eigenvalue weighted by atomic mass is 10.1. The van der Waals surface area contributed by atoms with Gasteiger partial charge >= 0.3 is 0 Å². The number of benzene rings is 1. The van der Waals surface area contributed by atoms with Gasteiger partial charge in [-0.05, 0) is 31.9 Å². The van der Waals surface area contributed by atoms with Crippen molar-refractivity contribution in [3.8, 4) is 0 Å². The third-order valence-corrected chi connectivity index (χ3v) is 4.29. The molecule has 2 atom stereocenters. The zero-order chi connectivity index (χ0) is 18.8. The molecule has 1 heterocycles. The van der Waals surface area contributed by atoms with Crippen LogP contribution in [-0.4, -0.2) is 63.0 Å². The molecule has 6 nitrogen and oxygen atoms in total. The minimum atomic E-state index is 0.308. The molecule has 0 radical (unpaired) electrons. The van der Waals surface area contributed by atoms with Crippen LogP contribution >= 0.6 is 0 Å². The van der Waals surface area contributed by atoms with Crippen molar-refractivity contribution in [2.24, 2.45) is 4.99 Å². The van der Waals surface area contributed by atoms with Gasteiger partial charge in [0, 0.05) is 39.8 Å². The predicted molar refractivity (Wildman–Crippen MR) is 106 cm³/mol. The second kappa shape index (κ2) is 11.2. The molecular formula is C20H34N4O2. The summed E-state index contributed by atoms with van der Waals surface area (Å²) in [6, 6.07) is 8.76. The second-order valence-corrected chi connectivity index (χ2v) is 6.88. The van der Waals surface area contributed by atoms with Gasteiger partial charge in [-0.3, -0.25) is 4.90 Å². The summed E-state index contributed by atoms with van der Waals surface area (Å²) in [6.07, 6.45) is 0.616. The van der Waals surface area contributed by atoms with E-state index in [1.807, 2.05) is 0 Å². The van der Waals surface area contributed by atoms with E-state index in [1.54, 1.807) is 7.11 Å². The van der Waals surface area contributed by atoms with Crippen LogP contribution in [0, 0.1) is 0 Å². The van der Waals surface area contributed by atoms with Crippen molar-refractivity contribution in [2.45, 2.75) is 46.1 Å². The number of hydrogen-bond donors (Lipinski definition) is 2. The molecule has 0 spiro atoms. The lowest BCUT2D eigenvalue weighted by Gasteiger charge is -2.35. The van der Waals surface area contributed by atoms with Crippen LogP contribution in [0.25, 0.3) is 0 Å². The molecule has 1 saturated heterocycles. The standard InChI is InChI=1S/C20H34N4O2/c1-5-21-20(22-10-11-25-4)23-12-18-6-8-19(9-7-18)15-24-13-16(2)26-17(3)14-24/h6-9,16-17H,5,10-15H2,1-4H3,(H2,21,22,23). The summed E-state index contributed by atoms with van der Waals surface area (Å²) >= 11 is 0. The van der Waals surface area contributed by atoms with E-state index in [4.69, 9.17) is 9.47 Å². The van der Waals surface area contributed by atoms with Crippen molar-refractivity contribution >= 4 is 5.96 Å². The minimum absolute atomic E-state index is 0.308. The first-order valence-electron chi connectivity index (χ1n) is 9.57. The fraction of sp³-hybridized carbons (Fsp3) is 0.650. The Hall–Kier alpha value is -1.63. The number of nitrogens with zero attached hydrogens (tertiary/aromatic N) is 2. The molecule has 1 aliphatic heterocycles. The van der Waals surface area contributed by atoms with Crippen LogP contribution in [-0.2, 0) is 22.6 Å². The molecule has 0 saturated carbocycles. The van der Waals surface area contributed by atoms with Crippen molar-refractivity contribution in [2.75, 3.05) is 39.9 Å². The quantitative estimate of drug-likeness (QED) is 0.421. The van der Waals surface area contributed by atoms with Crippen molar-refractivity contribution in [1.29, 1.82) is 0 Å². The van der Waals surface area contributed by atoms with E-state index in [9.17, 15) is 0 Å². The van der Waals surface area contributed by atoms with Crippen LogP contribution < -0.4 is 10.6 Å². The van der Waals surface area contributed by atoms with E-state index in [1.165, 1.54) is 11.1 Å². The molecule has 0 aromatic heterocycles. The number of guanidine groups is 1. The van der Waals surface area contributed by atoms with Crippen LogP contribution in [0.15, 0.2) is 29.3 Å². The van der Waals surface area contributed by atoms with Crippen molar-refractivity contribution in [3.63, 3.8) is 0 Å². The number of methoxy groups -OCH3 is 1. The molecule has 0 bridgehead atoms. The molecule has 2 unspecified atom stereocenters. The van der Waals surface area contributed by atoms with Crippen LogP contribution in [0.5, 0.6) is 0 Å². The summed E-state index contributed by atoms with van der Waals surface area (Å²) in [4.78, 5) is 7.10. The topological polar surface area (TPSA) is 58.1 Å². The predicted octanol–water partition coefficient (Wildman–Crippen LogP) is 2.00. The summed E-state index contributed by atoms with van der Waals surface area (Å²) in [5.74, 6) is 0.824. The average molecular weight is 363 g/mol. The van der Waals surface area contributed by atoms with Crippen molar-refractivity contribution < 1.29 is 9.47 Å². The molecule has 0 amide bonds. The second-order valence-electron chi connectivity index (χ2n) is 6.88. The van der Waals surface area contributed by atoms with Gasteiger partial charge in [-0.25, -0.2) is 4.99 Å². The van der Waals surface area contributed by atoms with Crippen molar-refractivity contribution in [3.05, 3.63) is 35.4 Å². The maximum Gasteiger partial charge on any atom is 0.191 e. The smallest absolute Gasteiger partial charge is 0.191 e. The third-order valence-electron chi connectivity index (χ3n) is 4.29. The Balaban J connectivity index is 1.86. The Labute approximate surface area is 158 Å². The Morgan fingerprint density at radius 2 is 1.81 bits per heavy atom. The monoisotopic (exact) mass is 362 g/mol. The van der Waals surface area contributed by atoms with Gasteiger partial charge in [0.25, 0.3) is 0 Å². The van der Waals surface area contributed by atoms with E-state index in [0.717, 1.165) is 38.7 Å². The largest absolute Gasteiger partial charge is 0.383 e. The van der Waals surface area contributed by atoms with E-state index in [0.29, 0.717) is 25.4 Å². The normalized spacial score (nSPS) is 21.6. The van der Waals surface area contributed by atoms with E-state index < -0.39 is 0 Å². The van der Waals surface area contributed by atoms with Gasteiger partial charge in [-0.15, -0.1) is 0 Å². The third kappa shape index (κ3) is 7.32. The molecule has 1 aliphatic rings. The molecule has 2 rings (SSSR count). The van der Waals surface area contributed by atoms with Crippen LogP contribution in [0.1, 0.15) is 31.9 Å². The molecule has 146 valence electrons. The van der Waals surface area contributed by atoms with E-state index >= 15 is 0 Å². The highest BCUT2D eigenvalue weighted by molar-refractivity contribution is 5.79. The highest BCUT2D eigenvalue weighted by Gasteiger charge is 2.21. The first kappa shape index (κ1) is 20.7. The fourth-order valence-electron chi connectivity index (χ4n) is 3.21. The number of morpholine rings is 1. The van der Waals surface area contributed by atoms with Gasteiger partial charge in [-0.2, -0.15) is 0 Å². The first-order chi connectivity index (χ1) is 12.6. The van der Waals surface area contributed by atoms with Gasteiger partial charge in [-0.1, -0.05) is 24.3 Å². The Bertz CT molecular complexity index is 537. The van der Waals surface area contributed by atoms with Gasteiger partial charge in [0.1, 0.15) is 0 Å². The zero-order valence-electron chi connectivity index (χ0n) is 16.6. The molecule has 0 aliphatic carbocycles. The highest BCUT2D eigenvalue weighted by Crippen LogP contribution is 2.15. The first-order valence-corrected chi connectivity index (χ1v) is 9.57. The Morgan fingerprint density at radius 1 is 1.15 bits per heavy atom. The van der Waals surface area contributed by atoms with Crippen molar-refractivity contribution in [1.82, 2.24) is 15.5 Å². The lowest BCUT2D eigenvalue weighted by molar-refractivity contribution is -0.0704. The SMILES string of the molecule is CCNC(=NCc1ccc(CN2CC(C)OC(C)C2)cc1)NCCOC. The summed E-state index contributed by atoms with van der Waals surface area (Å²) in [6.45, 7) is 12.2. The van der Waals surface area contributed by atoms with Gasteiger partial charge in [0.2, 0.25) is 0 Å². The van der Waals surface area contributed by atoms with Crippen LogP contribution in [0.3, 0.4) is 0 Å². The molecule has 26 heavy (non-hydrogen) atoms. The molecule has 6 heteroatoms. The van der Waals surface area contributed by atoms with E-state index in [2.05, 4.69) is 65.6 Å². The molecular weight excluding hydrogens is 328 g/mol. The van der Waals surface area contributed by atoms with Crippen LogP contribution in [0.4, 0.5) is 0 Å². The molecule has 1 aromatic carbocycles. The summed E-state index contributed by atoms with van der Waals surface area (Å²) in [7, 11) is 1.70. The number of aliphatic imine (C=N–C) groups is 1. The Kier molecular flexibility index (Phi) is 8.88. The highest BCUT2D eigenvalue weighted by atomic mass is 16.5. The maximum atomic E-state index is 5.81. The number of hydrogen-bond acceptors (Lipinski definition) is 4. The summed E-state index contributed by atoms with van der Waals surface area (Å²) in [5.41, 5.74) is 2.55. The van der Waals surface area contributed by atoms with E-state index in [-0.39, 0.29) is 0 Å². The van der Waals surface area contributed by atoms with Crippen LogP contribution in [0.2, 0.25) is 0 Å². The molecule has 1 aromatic rings. The maximum absolute atomic E-state index is 5.81. The summed E-state index contributed by atoms with van der Waals surface area (Å²) < 4.78 is 10.9. The average Bonchev–Trinajstić information content (AvgIpc) is 2.60. The van der Waals surface area contributed by atoms with Gasteiger partial charge < -0.3 is 20.1 Å². The minimum Gasteiger partial charge on any atom is -0.383 e. The number of rotatable bonds is 8. The summed E-state index contributed by atoms with van der Waals surface area (Å²) in [5, 5.41) is 6.51. The number of ether oxygens (including phenoxy) is 2. The van der Waals surface area contributed by atoms with Gasteiger partial charge in [0.15, 0.2) is 5.96 Å². The molecule has 2 N–H and O–H groups in total. The fourth-order valence-corrected chi connectivity index (χ4v) is 3.21. The number of nitrogens with one attached hydrogen (secondary N) is 2. The zero-order valence-corrected chi connectivity index (χ0v) is 16.6. The van der Waals surface area contributed by atoms with Gasteiger partial charge in [0.05, 0.1) is 25.4 Å².